The van der Waals surface area contributed by atoms with E-state index in [0.717, 1.165) is 11.8 Å². The molecule has 1 aromatic heterocycles. The second-order valence-corrected chi connectivity index (χ2v) is 6.86. The van der Waals surface area contributed by atoms with Gasteiger partial charge in [0.05, 0.1) is 27.9 Å². The van der Waals surface area contributed by atoms with Crippen LogP contribution in [0.1, 0.15) is 6.42 Å². The van der Waals surface area contributed by atoms with E-state index in [4.69, 9.17) is 23.4 Å². The van der Waals surface area contributed by atoms with Crippen LogP contribution in [-0.4, -0.2) is 38.4 Å². The Morgan fingerprint density at radius 3 is 2.41 bits per heavy atom. The number of alkyl halides is 1. The van der Waals surface area contributed by atoms with Gasteiger partial charge < -0.3 is 28.5 Å². The minimum atomic E-state index is -0.404. The van der Waals surface area contributed by atoms with Gasteiger partial charge in [0.25, 0.3) is 0 Å². The number of halogens is 1. The molecule has 1 heterocycles. The Balaban J connectivity index is 2.16. The van der Waals surface area contributed by atoms with Crippen molar-refractivity contribution in [3.63, 3.8) is 0 Å². The van der Waals surface area contributed by atoms with E-state index in [1.807, 2.05) is 0 Å². The summed E-state index contributed by atoms with van der Waals surface area (Å²) in [6.07, 6.45) is 0.761. The number of benzene rings is 2. The molecule has 2 aromatic carbocycles. The van der Waals surface area contributed by atoms with Crippen molar-refractivity contribution in [2.75, 3.05) is 33.3 Å². The van der Waals surface area contributed by atoms with Crippen LogP contribution in [0.15, 0.2) is 39.5 Å². The molecule has 1 N–H and O–H groups in total. The smallest absolute Gasteiger partial charge is 0.204 e. The van der Waals surface area contributed by atoms with Crippen LogP contribution in [0.3, 0.4) is 0 Å². The summed E-state index contributed by atoms with van der Waals surface area (Å²) in [5.41, 5.74) is 0.409. The largest absolute Gasteiger partial charge is 0.504 e. The van der Waals surface area contributed by atoms with Gasteiger partial charge in [0.1, 0.15) is 16.7 Å². The molecular weight excluding hydrogens is 444 g/mol. The fourth-order valence-electron chi connectivity index (χ4n) is 2.93. The number of hydrogen-bond donors (Lipinski definition) is 1. The summed E-state index contributed by atoms with van der Waals surface area (Å²) in [5.74, 6) is 1.46. The zero-order valence-corrected chi connectivity index (χ0v) is 17.9. The molecule has 0 aliphatic carbocycles. The van der Waals surface area contributed by atoms with Crippen LogP contribution in [0.5, 0.6) is 28.7 Å². The quantitative estimate of drug-likeness (QED) is 0.391. The molecule has 154 valence electrons. The van der Waals surface area contributed by atoms with Crippen molar-refractivity contribution < 1.29 is 28.5 Å². The summed E-state index contributed by atoms with van der Waals surface area (Å²) in [7, 11) is 4.47. The highest BCUT2D eigenvalue weighted by atomic mass is 79.9. The highest BCUT2D eigenvalue weighted by molar-refractivity contribution is 9.09. The molecule has 0 bridgehead atoms. The number of phenolic OH excluding ortho intramolecular Hbond substituents is 1. The molecule has 0 unspecified atom stereocenters. The van der Waals surface area contributed by atoms with E-state index in [-0.39, 0.29) is 22.5 Å². The van der Waals surface area contributed by atoms with Crippen molar-refractivity contribution in [3.05, 3.63) is 40.6 Å². The molecule has 0 saturated heterocycles. The van der Waals surface area contributed by atoms with Gasteiger partial charge in [-0.1, -0.05) is 15.9 Å². The molecule has 0 saturated carbocycles. The molecule has 0 atom stereocenters. The third-order valence-electron chi connectivity index (χ3n) is 4.32. The lowest BCUT2D eigenvalue weighted by atomic mass is 10.1. The molecule has 0 radical (unpaired) electrons. The van der Waals surface area contributed by atoms with Crippen molar-refractivity contribution in [2.24, 2.45) is 0 Å². The van der Waals surface area contributed by atoms with Crippen LogP contribution >= 0.6 is 15.9 Å². The van der Waals surface area contributed by atoms with E-state index >= 15 is 0 Å². The minimum absolute atomic E-state index is 0.0268. The van der Waals surface area contributed by atoms with Crippen LogP contribution in [0.4, 0.5) is 0 Å². The molecule has 7 nitrogen and oxygen atoms in total. The number of fused-ring (bicyclic) bond motifs is 1. The number of methoxy groups -OCH3 is 3. The molecule has 0 amide bonds. The fourth-order valence-corrected chi connectivity index (χ4v) is 3.16. The average molecular weight is 465 g/mol. The maximum absolute atomic E-state index is 12.7. The minimum Gasteiger partial charge on any atom is -0.504 e. The molecular formula is C21H21BrO7. The highest BCUT2D eigenvalue weighted by Crippen LogP contribution is 2.42. The summed E-state index contributed by atoms with van der Waals surface area (Å²) in [6, 6.07) is 8.04. The Morgan fingerprint density at radius 2 is 1.76 bits per heavy atom. The van der Waals surface area contributed by atoms with E-state index in [1.165, 1.54) is 20.3 Å². The van der Waals surface area contributed by atoms with E-state index in [9.17, 15) is 9.90 Å². The predicted molar refractivity (Wildman–Crippen MR) is 113 cm³/mol. The van der Waals surface area contributed by atoms with Crippen LogP contribution in [0.25, 0.3) is 22.3 Å². The molecule has 0 aliphatic heterocycles. The Labute approximate surface area is 175 Å². The summed E-state index contributed by atoms with van der Waals surface area (Å²) in [4.78, 5) is 12.7. The molecule has 0 fully saturated rings. The van der Waals surface area contributed by atoms with Gasteiger partial charge >= 0.3 is 0 Å². The van der Waals surface area contributed by atoms with Crippen LogP contribution in [0.2, 0.25) is 0 Å². The third kappa shape index (κ3) is 4.12. The number of aromatic hydroxyl groups is 1. The highest BCUT2D eigenvalue weighted by Gasteiger charge is 2.20. The third-order valence-corrected chi connectivity index (χ3v) is 4.88. The van der Waals surface area contributed by atoms with E-state index in [1.54, 1.807) is 31.4 Å². The molecule has 29 heavy (non-hydrogen) atoms. The summed E-state index contributed by atoms with van der Waals surface area (Å²) >= 11 is 3.34. The Hall–Kier alpha value is -2.87. The van der Waals surface area contributed by atoms with Gasteiger partial charge in [-0.3, -0.25) is 4.79 Å². The first-order valence-corrected chi connectivity index (χ1v) is 9.95. The summed E-state index contributed by atoms with van der Waals surface area (Å²) < 4.78 is 27.4. The average Bonchev–Trinajstić information content (AvgIpc) is 2.73. The van der Waals surface area contributed by atoms with Crippen molar-refractivity contribution >= 4 is 26.9 Å². The van der Waals surface area contributed by atoms with Gasteiger partial charge in [0, 0.05) is 23.0 Å². The molecule has 0 aliphatic rings. The van der Waals surface area contributed by atoms with Gasteiger partial charge in [-0.05, 0) is 24.6 Å². The van der Waals surface area contributed by atoms with Crippen LogP contribution in [0, 0.1) is 0 Å². The van der Waals surface area contributed by atoms with Crippen molar-refractivity contribution in [1.29, 1.82) is 0 Å². The number of rotatable bonds is 8. The van der Waals surface area contributed by atoms with Gasteiger partial charge in [-0.15, -0.1) is 0 Å². The second kappa shape index (κ2) is 9.09. The summed E-state index contributed by atoms with van der Waals surface area (Å²) in [5, 5.41) is 11.4. The van der Waals surface area contributed by atoms with Gasteiger partial charge in [-0.25, -0.2) is 0 Å². The maximum Gasteiger partial charge on any atom is 0.204 e. The first kappa shape index (κ1) is 20.9. The Bertz CT molecular complexity index is 1070. The maximum atomic E-state index is 12.7. The molecule has 3 aromatic rings. The van der Waals surface area contributed by atoms with Gasteiger partial charge in [-0.2, -0.15) is 0 Å². The number of ether oxygens (including phenoxy) is 4. The lowest BCUT2D eigenvalue weighted by Crippen LogP contribution is -2.04. The zero-order chi connectivity index (χ0) is 21.0. The van der Waals surface area contributed by atoms with Gasteiger partial charge in [0.2, 0.25) is 5.75 Å². The first-order valence-electron chi connectivity index (χ1n) is 8.83. The van der Waals surface area contributed by atoms with E-state index < -0.39 is 5.43 Å². The number of hydrogen-bond acceptors (Lipinski definition) is 7. The SMILES string of the molecule is COc1ccc(-c2cc(=O)c3c(O)c(OC)c(OCCCBr)cc3o2)cc1OC. The van der Waals surface area contributed by atoms with Gasteiger partial charge in [0.15, 0.2) is 28.4 Å². The predicted octanol–water partition coefficient (Wildman–Crippen LogP) is 4.36. The van der Waals surface area contributed by atoms with Crippen molar-refractivity contribution in [1.82, 2.24) is 0 Å². The lowest BCUT2D eigenvalue weighted by molar-refractivity contribution is 0.288. The zero-order valence-electron chi connectivity index (χ0n) is 16.3. The molecule has 8 heteroatoms. The Morgan fingerprint density at radius 1 is 1.00 bits per heavy atom. The summed E-state index contributed by atoms with van der Waals surface area (Å²) in [6.45, 7) is 0.409. The lowest BCUT2D eigenvalue weighted by Gasteiger charge is -2.14. The van der Waals surface area contributed by atoms with Crippen LogP contribution in [-0.2, 0) is 0 Å². The standard InChI is InChI=1S/C21H21BrO7/c1-25-14-6-5-12(9-16(14)26-2)15-10-13(23)19-17(29-15)11-18(28-8-4-7-22)21(27-3)20(19)24/h5-6,9-11,24H,4,7-8H2,1-3H3. The monoisotopic (exact) mass is 464 g/mol. The van der Waals surface area contributed by atoms with Crippen molar-refractivity contribution in [2.45, 2.75) is 6.42 Å². The van der Waals surface area contributed by atoms with E-state index in [0.29, 0.717) is 35.2 Å². The normalized spacial score (nSPS) is 10.8. The number of phenols is 1. The first-order chi connectivity index (χ1) is 14.0. The fraction of sp³-hybridized carbons (Fsp3) is 0.286. The molecule has 3 rings (SSSR count). The Kier molecular flexibility index (Phi) is 6.53. The second-order valence-electron chi connectivity index (χ2n) is 6.07. The van der Waals surface area contributed by atoms with Crippen LogP contribution < -0.4 is 24.4 Å². The topological polar surface area (TPSA) is 87.4 Å². The van der Waals surface area contributed by atoms with Crippen molar-refractivity contribution in [3.8, 4) is 40.1 Å². The van der Waals surface area contributed by atoms with E-state index in [2.05, 4.69) is 15.9 Å². The molecule has 0 spiro atoms.